The van der Waals surface area contributed by atoms with Crippen LogP contribution in [0.3, 0.4) is 0 Å². The van der Waals surface area contributed by atoms with E-state index in [1.807, 2.05) is 6.20 Å². The Morgan fingerprint density at radius 2 is 2.07 bits per heavy atom. The van der Waals surface area contributed by atoms with E-state index in [0.717, 1.165) is 55.7 Å². The number of aromatic amines is 1. The molecule has 27 heavy (non-hydrogen) atoms. The monoisotopic (exact) mass is 415 g/mol. The quantitative estimate of drug-likeness (QED) is 0.748. The number of carbonyl (C=O) groups excluding carboxylic acids is 1. The summed E-state index contributed by atoms with van der Waals surface area (Å²) in [4.78, 5) is 27.0. The van der Waals surface area contributed by atoms with E-state index in [1.54, 1.807) is 6.33 Å². The SMILES string of the molecule is CCc1c[nH]c2ncnc(N3CC(C(=O)OC)C4(CCNCC4)C3)c12.Cl.Cl. The zero-order valence-electron chi connectivity index (χ0n) is 15.7. The minimum absolute atomic E-state index is 0. The molecule has 0 amide bonds. The second kappa shape index (κ2) is 8.63. The lowest BCUT2D eigenvalue weighted by Crippen LogP contribution is -2.44. The predicted molar refractivity (Wildman–Crippen MR) is 110 cm³/mol. The van der Waals surface area contributed by atoms with Crippen molar-refractivity contribution >= 4 is 47.6 Å². The van der Waals surface area contributed by atoms with Crippen LogP contribution in [-0.4, -0.2) is 54.2 Å². The minimum Gasteiger partial charge on any atom is -0.469 e. The Hall–Kier alpha value is -1.57. The third-order valence-electron chi connectivity index (χ3n) is 5.94. The molecule has 1 spiro atoms. The van der Waals surface area contributed by atoms with Gasteiger partial charge >= 0.3 is 5.97 Å². The van der Waals surface area contributed by atoms with Crippen LogP contribution in [-0.2, 0) is 16.0 Å². The van der Waals surface area contributed by atoms with Crippen molar-refractivity contribution in [3.05, 3.63) is 18.1 Å². The average Bonchev–Trinajstić information content (AvgIpc) is 3.23. The van der Waals surface area contributed by atoms with Crippen molar-refractivity contribution < 1.29 is 9.53 Å². The number of nitrogens with one attached hydrogen (secondary N) is 2. The summed E-state index contributed by atoms with van der Waals surface area (Å²) >= 11 is 0. The fourth-order valence-electron chi connectivity index (χ4n) is 4.56. The van der Waals surface area contributed by atoms with Crippen molar-refractivity contribution in [2.24, 2.45) is 11.3 Å². The number of nitrogens with zero attached hydrogens (tertiary/aromatic N) is 3. The van der Waals surface area contributed by atoms with Gasteiger partial charge in [-0.2, -0.15) is 0 Å². The number of carbonyl (C=O) groups is 1. The molecule has 0 aliphatic carbocycles. The van der Waals surface area contributed by atoms with E-state index in [9.17, 15) is 4.79 Å². The van der Waals surface area contributed by atoms with Crippen LogP contribution < -0.4 is 10.2 Å². The number of rotatable bonds is 3. The largest absolute Gasteiger partial charge is 0.469 e. The molecule has 2 aromatic heterocycles. The smallest absolute Gasteiger partial charge is 0.311 e. The number of anilines is 1. The first-order valence-electron chi connectivity index (χ1n) is 9.03. The van der Waals surface area contributed by atoms with Gasteiger partial charge in [-0.05, 0) is 37.9 Å². The second-order valence-electron chi connectivity index (χ2n) is 7.16. The van der Waals surface area contributed by atoms with E-state index in [2.05, 4.69) is 32.1 Å². The highest BCUT2D eigenvalue weighted by Gasteiger charge is 2.51. The van der Waals surface area contributed by atoms with E-state index < -0.39 is 0 Å². The lowest BCUT2D eigenvalue weighted by atomic mass is 9.71. The highest BCUT2D eigenvalue weighted by Crippen LogP contribution is 2.46. The summed E-state index contributed by atoms with van der Waals surface area (Å²) in [5.74, 6) is 0.737. The van der Waals surface area contributed by atoms with Gasteiger partial charge in [-0.3, -0.25) is 4.79 Å². The molecule has 2 saturated heterocycles. The average molecular weight is 416 g/mol. The van der Waals surface area contributed by atoms with Crippen LogP contribution in [0.5, 0.6) is 0 Å². The molecular formula is C18H27Cl2N5O2. The molecule has 7 nitrogen and oxygen atoms in total. The van der Waals surface area contributed by atoms with Gasteiger partial charge in [0.2, 0.25) is 0 Å². The predicted octanol–water partition coefficient (Wildman–Crippen LogP) is 2.34. The summed E-state index contributed by atoms with van der Waals surface area (Å²) in [5, 5.41) is 4.49. The molecule has 4 heterocycles. The molecule has 9 heteroatoms. The third-order valence-corrected chi connectivity index (χ3v) is 5.94. The van der Waals surface area contributed by atoms with E-state index in [4.69, 9.17) is 4.74 Å². The zero-order chi connectivity index (χ0) is 17.4. The Bertz CT molecular complexity index is 791. The topological polar surface area (TPSA) is 83.1 Å². The minimum atomic E-state index is -0.103. The number of fused-ring (bicyclic) bond motifs is 1. The summed E-state index contributed by atoms with van der Waals surface area (Å²) in [6, 6.07) is 0. The standard InChI is InChI=1S/C18H25N5O2.2ClH/c1-3-12-8-20-15-14(12)16(22-11-21-15)23-9-13(17(24)25-2)18(10-23)4-6-19-7-5-18;;/h8,11,13,19H,3-7,9-10H2,1-2H3,(H,20,21,22);2*1H. The van der Waals surface area contributed by atoms with Crippen molar-refractivity contribution in [1.29, 1.82) is 0 Å². The highest BCUT2D eigenvalue weighted by atomic mass is 35.5. The number of halogens is 2. The first-order chi connectivity index (χ1) is 12.2. The van der Waals surface area contributed by atoms with Crippen molar-refractivity contribution in [1.82, 2.24) is 20.3 Å². The molecule has 0 aromatic carbocycles. The molecular weight excluding hydrogens is 389 g/mol. The number of aromatic nitrogens is 3. The zero-order valence-corrected chi connectivity index (χ0v) is 17.3. The lowest BCUT2D eigenvalue weighted by molar-refractivity contribution is -0.149. The molecule has 2 aromatic rings. The number of piperidine rings is 1. The van der Waals surface area contributed by atoms with Gasteiger partial charge in [0.1, 0.15) is 17.8 Å². The van der Waals surface area contributed by atoms with Crippen LogP contribution in [0.25, 0.3) is 11.0 Å². The van der Waals surface area contributed by atoms with Crippen LogP contribution in [0.15, 0.2) is 12.5 Å². The summed E-state index contributed by atoms with van der Waals surface area (Å²) in [7, 11) is 1.49. The number of H-pyrrole nitrogens is 1. The third kappa shape index (κ3) is 3.60. The number of esters is 1. The van der Waals surface area contributed by atoms with E-state index in [1.165, 1.54) is 12.7 Å². The van der Waals surface area contributed by atoms with Gasteiger partial charge in [-0.15, -0.1) is 24.8 Å². The van der Waals surface area contributed by atoms with E-state index >= 15 is 0 Å². The van der Waals surface area contributed by atoms with Gasteiger partial charge < -0.3 is 19.9 Å². The van der Waals surface area contributed by atoms with Crippen molar-refractivity contribution in [2.45, 2.75) is 26.2 Å². The number of hydrogen-bond donors (Lipinski definition) is 2. The molecule has 2 aliphatic heterocycles. The number of hydrogen-bond acceptors (Lipinski definition) is 6. The maximum atomic E-state index is 12.5. The van der Waals surface area contributed by atoms with Crippen molar-refractivity contribution in [2.75, 3.05) is 38.2 Å². The van der Waals surface area contributed by atoms with Gasteiger partial charge in [-0.25, -0.2) is 9.97 Å². The van der Waals surface area contributed by atoms with Gasteiger partial charge in [-0.1, -0.05) is 6.92 Å². The Kier molecular flexibility index (Phi) is 6.94. The number of methoxy groups -OCH3 is 1. The first kappa shape index (κ1) is 21.7. The van der Waals surface area contributed by atoms with E-state index in [-0.39, 0.29) is 42.1 Å². The van der Waals surface area contributed by atoms with Crippen LogP contribution >= 0.6 is 24.8 Å². The van der Waals surface area contributed by atoms with Crippen LogP contribution in [0.2, 0.25) is 0 Å². The maximum Gasteiger partial charge on any atom is 0.311 e. The van der Waals surface area contributed by atoms with Crippen LogP contribution in [0.1, 0.15) is 25.3 Å². The molecule has 2 aliphatic rings. The van der Waals surface area contributed by atoms with Gasteiger partial charge in [0.25, 0.3) is 0 Å². The van der Waals surface area contributed by atoms with Crippen molar-refractivity contribution in [3.8, 4) is 0 Å². The molecule has 150 valence electrons. The normalized spacial score (nSPS) is 21.0. The molecule has 2 fully saturated rings. The molecule has 0 bridgehead atoms. The van der Waals surface area contributed by atoms with Gasteiger partial charge in [0.15, 0.2) is 0 Å². The second-order valence-corrected chi connectivity index (χ2v) is 7.16. The Morgan fingerprint density at radius 3 is 2.74 bits per heavy atom. The van der Waals surface area contributed by atoms with Crippen molar-refractivity contribution in [3.63, 3.8) is 0 Å². The van der Waals surface area contributed by atoms with E-state index in [0.29, 0.717) is 6.54 Å². The Labute approximate surface area is 171 Å². The summed E-state index contributed by atoms with van der Waals surface area (Å²) in [6.45, 7) is 5.53. The summed E-state index contributed by atoms with van der Waals surface area (Å²) < 4.78 is 5.14. The molecule has 0 saturated carbocycles. The van der Waals surface area contributed by atoms with Gasteiger partial charge in [0.05, 0.1) is 18.4 Å². The fraction of sp³-hybridized carbons (Fsp3) is 0.611. The number of aryl methyl sites for hydroxylation is 1. The fourth-order valence-corrected chi connectivity index (χ4v) is 4.56. The maximum absolute atomic E-state index is 12.5. The molecule has 0 radical (unpaired) electrons. The summed E-state index contributed by atoms with van der Waals surface area (Å²) in [5.41, 5.74) is 2.05. The first-order valence-corrected chi connectivity index (χ1v) is 9.03. The van der Waals surface area contributed by atoms with Gasteiger partial charge in [0, 0.05) is 24.7 Å². The molecule has 1 unspecified atom stereocenters. The summed E-state index contributed by atoms with van der Waals surface area (Å²) in [6.07, 6.45) is 6.52. The molecule has 1 atom stereocenters. The lowest BCUT2D eigenvalue weighted by Gasteiger charge is -2.37. The molecule has 2 N–H and O–H groups in total. The Morgan fingerprint density at radius 1 is 1.33 bits per heavy atom. The highest BCUT2D eigenvalue weighted by molar-refractivity contribution is 5.91. The number of ether oxygens (including phenoxy) is 1. The van der Waals surface area contributed by atoms with Crippen LogP contribution in [0, 0.1) is 11.3 Å². The Balaban J connectivity index is 0.00000131. The molecule has 4 rings (SSSR count). The van der Waals surface area contributed by atoms with Crippen LogP contribution in [0.4, 0.5) is 5.82 Å².